The van der Waals surface area contributed by atoms with Gasteiger partial charge in [0.05, 0.1) is 32.8 Å². The Morgan fingerprint density at radius 1 is 0.938 bits per heavy atom. The molecule has 2 heterocycles. The van der Waals surface area contributed by atoms with Crippen LogP contribution in [0.4, 0.5) is 0 Å². The summed E-state index contributed by atoms with van der Waals surface area (Å²) in [6, 6.07) is 15.4. The standard InChI is InChI=1S/C24H22N4O4/c1-29-13-8-9-16(18(10-13)30-2)20-17-11-19(31-3)14-6-4-5-7-15(14)22(17)32-24-21(20)23(25)28(26)12-27-24/h4-12,20,25H,26H2,1-3H3. The molecular weight excluding hydrogens is 408 g/mol. The summed E-state index contributed by atoms with van der Waals surface area (Å²) in [5.74, 6) is 8.57. The van der Waals surface area contributed by atoms with Gasteiger partial charge in [0.2, 0.25) is 5.88 Å². The fraction of sp³-hybridized carbons (Fsp3) is 0.167. The monoisotopic (exact) mass is 430 g/mol. The second-order valence-electron chi connectivity index (χ2n) is 7.40. The first-order chi connectivity index (χ1) is 15.6. The van der Waals surface area contributed by atoms with E-state index < -0.39 is 5.92 Å². The molecule has 1 unspecified atom stereocenters. The molecule has 1 aliphatic heterocycles. The Morgan fingerprint density at radius 3 is 2.41 bits per heavy atom. The molecule has 1 aromatic heterocycles. The van der Waals surface area contributed by atoms with Crippen molar-refractivity contribution in [1.29, 1.82) is 5.41 Å². The normalized spacial score (nSPS) is 14.3. The van der Waals surface area contributed by atoms with Crippen molar-refractivity contribution in [2.75, 3.05) is 27.2 Å². The highest BCUT2D eigenvalue weighted by molar-refractivity contribution is 5.95. The van der Waals surface area contributed by atoms with Gasteiger partial charge >= 0.3 is 0 Å². The number of rotatable bonds is 4. The highest BCUT2D eigenvalue weighted by Crippen LogP contribution is 2.51. The maximum absolute atomic E-state index is 8.68. The molecule has 0 saturated carbocycles. The molecule has 0 aliphatic carbocycles. The number of nitrogens with one attached hydrogen (secondary N) is 1. The zero-order valence-electron chi connectivity index (χ0n) is 17.9. The summed E-state index contributed by atoms with van der Waals surface area (Å²) in [6.45, 7) is 0. The number of aromatic nitrogens is 2. The molecule has 0 spiro atoms. The zero-order valence-corrected chi connectivity index (χ0v) is 17.9. The molecule has 3 aromatic carbocycles. The maximum Gasteiger partial charge on any atom is 0.228 e. The minimum absolute atomic E-state index is 0.0932. The topological polar surface area (TPSA) is 105 Å². The number of hydrogen-bond donors (Lipinski definition) is 2. The SMILES string of the molecule is COc1ccc(C2c3cc(OC)c4ccccc4c3Oc3ncn(N)c(=N)c32)c(OC)c1. The van der Waals surface area contributed by atoms with Gasteiger partial charge in [0.1, 0.15) is 29.3 Å². The van der Waals surface area contributed by atoms with E-state index in [-0.39, 0.29) is 5.49 Å². The molecular formula is C24H22N4O4. The number of nitrogens with zero attached hydrogens (tertiary/aromatic N) is 2. The van der Waals surface area contributed by atoms with Gasteiger partial charge in [-0.25, -0.2) is 9.66 Å². The van der Waals surface area contributed by atoms with E-state index in [0.29, 0.717) is 34.4 Å². The molecule has 0 amide bonds. The van der Waals surface area contributed by atoms with E-state index in [1.54, 1.807) is 21.3 Å². The largest absolute Gasteiger partial charge is 0.497 e. The first kappa shape index (κ1) is 19.7. The molecule has 32 heavy (non-hydrogen) atoms. The Morgan fingerprint density at radius 2 is 1.69 bits per heavy atom. The van der Waals surface area contributed by atoms with Crippen LogP contribution in [-0.2, 0) is 0 Å². The minimum Gasteiger partial charge on any atom is -0.497 e. The average molecular weight is 430 g/mol. The average Bonchev–Trinajstić information content (AvgIpc) is 2.84. The molecule has 0 saturated heterocycles. The van der Waals surface area contributed by atoms with Gasteiger partial charge in [-0.05, 0) is 12.1 Å². The molecule has 0 radical (unpaired) electrons. The molecule has 8 heteroatoms. The molecule has 1 atom stereocenters. The lowest BCUT2D eigenvalue weighted by molar-refractivity contribution is 0.387. The highest BCUT2D eigenvalue weighted by atomic mass is 16.5. The second kappa shape index (κ2) is 7.49. The predicted octanol–water partition coefficient (Wildman–Crippen LogP) is 3.54. The van der Waals surface area contributed by atoms with E-state index in [9.17, 15) is 0 Å². The summed E-state index contributed by atoms with van der Waals surface area (Å²) < 4.78 is 24.3. The maximum atomic E-state index is 8.68. The lowest BCUT2D eigenvalue weighted by Crippen LogP contribution is -2.34. The van der Waals surface area contributed by atoms with Crippen LogP contribution >= 0.6 is 0 Å². The van der Waals surface area contributed by atoms with Gasteiger partial charge in [-0.2, -0.15) is 0 Å². The molecule has 8 nitrogen and oxygen atoms in total. The molecule has 0 fully saturated rings. The van der Waals surface area contributed by atoms with Gasteiger partial charge in [0, 0.05) is 28.0 Å². The van der Waals surface area contributed by atoms with Crippen LogP contribution in [0.15, 0.2) is 54.9 Å². The summed E-state index contributed by atoms with van der Waals surface area (Å²) in [7, 11) is 4.85. The molecule has 0 bridgehead atoms. The van der Waals surface area contributed by atoms with Crippen molar-refractivity contribution in [3.05, 3.63) is 77.0 Å². The van der Waals surface area contributed by atoms with E-state index in [1.807, 2.05) is 48.5 Å². The Hall–Kier alpha value is -4.20. The summed E-state index contributed by atoms with van der Waals surface area (Å²) >= 11 is 0. The Labute approximate surface area is 184 Å². The van der Waals surface area contributed by atoms with Crippen LogP contribution in [0.5, 0.6) is 28.9 Å². The van der Waals surface area contributed by atoms with Gasteiger partial charge in [-0.15, -0.1) is 0 Å². The summed E-state index contributed by atoms with van der Waals surface area (Å²) in [4.78, 5) is 4.39. The Balaban J connectivity index is 1.89. The lowest BCUT2D eigenvalue weighted by Gasteiger charge is -2.30. The third-order valence-electron chi connectivity index (χ3n) is 5.80. The van der Waals surface area contributed by atoms with Gasteiger partial charge in [-0.3, -0.25) is 5.41 Å². The number of fused-ring (bicyclic) bond motifs is 4. The van der Waals surface area contributed by atoms with E-state index in [2.05, 4.69) is 4.98 Å². The smallest absolute Gasteiger partial charge is 0.228 e. The van der Waals surface area contributed by atoms with Crippen molar-refractivity contribution in [2.45, 2.75) is 5.92 Å². The highest BCUT2D eigenvalue weighted by Gasteiger charge is 2.35. The van der Waals surface area contributed by atoms with Crippen molar-refractivity contribution in [3.8, 4) is 28.9 Å². The lowest BCUT2D eigenvalue weighted by atomic mass is 9.82. The minimum atomic E-state index is -0.427. The number of nitrogens with two attached hydrogens (primary N) is 1. The van der Waals surface area contributed by atoms with Crippen LogP contribution in [0.1, 0.15) is 22.6 Å². The van der Waals surface area contributed by atoms with Crippen LogP contribution < -0.4 is 30.3 Å². The number of benzene rings is 3. The molecule has 3 N–H and O–H groups in total. The number of hydrogen-bond acceptors (Lipinski definition) is 7. The van der Waals surface area contributed by atoms with E-state index >= 15 is 0 Å². The number of methoxy groups -OCH3 is 3. The molecule has 162 valence electrons. The van der Waals surface area contributed by atoms with E-state index in [4.69, 9.17) is 30.2 Å². The molecule has 5 rings (SSSR count). The van der Waals surface area contributed by atoms with Crippen LogP contribution in [0.25, 0.3) is 10.8 Å². The van der Waals surface area contributed by atoms with Crippen molar-refractivity contribution >= 4 is 10.8 Å². The van der Waals surface area contributed by atoms with E-state index in [1.165, 1.54) is 11.0 Å². The summed E-state index contributed by atoms with van der Waals surface area (Å²) in [5, 5.41) is 10.5. The fourth-order valence-corrected chi connectivity index (χ4v) is 4.29. The molecule has 4 aromatic rings. The van der Waals surface area contributed by atoms with Crippen LogP contribution in [0.3, 0.4) is 0 Å². The second-order valence-corrected chi connectivity index (χ2v) is 7.40. The molecule has 1 aliphatic rings. The zero-order chi connectivity index (χ0) is 22.4. The first-order valence-electron chi connectivity index (χ1n) is 9.98. The number of ether oxygens (including phenoxy) is 4. The van der Waals surface area contributed by atoms with E-state index in [0.717, 1.165) is 21.9 Å². The Kier molecular flexibility index (Phi) is 4.62. The Bertz CT molecular complexity index is 1410. The van der Waals surface area contributed by atoms with Crippen molar-refractivity contribution in [1.82, 2.24) is 9.66 Å². The third-order valence-corrected chi connectivity index (χ3v) is 5.80. The van der Waals surface area contributed by atoms with Gasteiger partial charge in [0.15, 0.2) is 5.49 Å². The van der Waals surface area contributed by atoms with Gasteiger partial charge < -0.3 is 24.8 Å². The van der Waals surface area contributed by atoms with Crippen molar-refractivity contribution < 1.29 is 18.9 Å². The summed E-state index contributed by atoms with van der Waals surface area (Å²) in [5.41, 5.74) is 2.30. The van der Waals surface area contributed by atoms with Crippen molar-refractivity contribution in [2.24, 2.45) is 0 Å². The van der Waals surface area contributed by atoms with Gasteiger partial charge in [0.25, 0.3) is 0 Å². The summed E-state index contributed by atoms with van der Waals surface area (Å²) in [6.07, 6.45) is 1.38. The quantitative estimate of drug-likeness (QED) is 0.423. The number of nitrogen functional groups attached to an aromatic ring is 1. The third kappa shape index (κ3) is 2.84. The predicted molar refractivity (Wildman–Crippen MR) is 119 cm³/mol. The van der Waals surface area contributed by atoms with Crippen LogP contribution in [0, 0.1) is 5.41 Å². The van der Waals surface area contributed by atoms with Crippen molar-refractivity contribution in [3.63, 3.8) is 0 Å². The fourth-order valence-electron chi connectivity index (χ4n) is 4.29. The van der Waals surface area contributed by atoms with Crippen LogP contribution in [-0.4, -0.2) is 31.0 Å². The first-order valence-corrected chi connectivity index (χ1v) is 9.98. The van der Waals surface area contributed by atoms with Crippen LogP contribution in [0.2, 0.25) is 0 Å². The van der Waals surface area contributed by atoms with Gasteiger partial charge in [-0.1, -0.05) is 30.3 Å².